The third-order valence-corrected chi connectivity index (χ3v) is 5.75. The van der Waals surface area contributed by atoms with Crippen molar-refractivity contribution in [1.29, 1.82) is 0 Å². The molecule has 7 nitrogen and oxygen atoms in total. The van der Waals surface area contributed by atoms with Crippen molar-refractivity contribution < 1.29 is 18.3 Å². The Bertz CT molecular complexity index is 667. The first-order valence-corrected chi connectivity index (χ1v) is 8.64. The van der Waals surface area contributed by atoms with Crippen LogP contribution >= 0.6 is 11.3 Å². The second kappa shape index (κ2) is 6.29. The summed E-state index contributed by atoms with van der Waals surface area (Å²) in [6.07, 6.45) is 0.0613. The molecule has 0 aromatic carbocycles. The lowest BCUT2D eigenvalue weighted by Crippen LogP contribution is -2.39. The molecule has 120 valence electrons. The van der Waals surface area contributed by atoms with Gasteiger partial charge in [-0.05, 0) is 18.8 Å². The number of aliphatic carboxylic acids is 1. The van der Waals surface area contributed by atoms with Gasteiger partial charge in [0.1, 0.15) is 0 Å². The molecule has 1 unspecified atom stereocenters. The van der Waals surface area contributed by atoms with Gasteiger partial charge in [-0.25, -0.2) is 13.1 Å². The molecule has 1 heterocycles. The summed E-state index contributed by atoms with van der Waals surface area (Å²) in [5.41, 5.74) is 0.0190. The predicted octanol–water partition coefficient (Wildman–Crippen LogP) is 1.30. The van der Waals surface area contributed by atoms with Crippen molar-refractivity contribution in [1.82, 2.24) is 9.71 Å². The van der Waals surface area contributed by atoms with Crippen LogP contribution in [0.1, 0.15) is 39.3 Å². The molecule has 0 aliphatic heterocycles. The van der Waals surface area contributed by atoms with Crippen molar-refractivity contribution >= 4 is 27.3 Å². The Hall–Kier alpha value is -1.19. The fourth-order valence-corrected chi connectivity index (χ4v) is 4.58. The van der Waals surface area contributed by atoms with E-state index >= 15 is 0 Å². The Labute approximate surface area is 127 Å². The molecule has 9 heteroatoms. The SMILES string of the molecule is Cc1[nH]c(=O)sc1S(=O)(=O)NC(CC(=O)O)CC(C)(C)C. The summed E-state index contributed by atoms with van der Waals surface area (Å²) in [6.45, 7) is 7.19. The van der Waals surface area contributed by atoms with E-state index < -0.39 is 26.9 Å². The molecule has 0 aliphatic rings. The second-order valence-electron chi connectivity index (χ2n) is 6.11. The fourth-order valence-electron chi connectivity index (χ4n) is 2.03. The van der Waals surface area contributed by atoms with Crippen LogP contribution in [0.2, 0.25) is 0 Å². The van der Waals surface area contributed by atoms with E-state index in [1.807, 2.05) is 20.8 Å². The van der Waals surface area contributed by atoms with Crippen LogP contribution in [0, 0.1) is 12.3 Å². The fraction of sp³-hybridized carbons (Fsp3) is 0.667. The van der Waals surface area contributed by atoms with Crippen LogP contribution in [-0.4, -0.2) is 30.5 Å². The number of H-pyrrole nitrogens is 1. The van der Waals surface area contributed by atoms with Gasteiger partial charge in [0, 0.05) is 11.7 Å². The number of hydrogen-bond donors (Lipinski definition) is 3. The van der Waals surface area contributed by atoms with Gasteiger partial charge in [-0.2, -0.15) is 0 Å². The molecule has 21 heavy (non-hydrogen) atoms. The first-order valence-electron chi connectivity index (χ1n) is 6.34. The number of nitrogens with one attached hydrogen (secondary N) is 2. The number of hydrogen-bond acceptors (Lipinski definition) is 5. The lowest BCUT2D eigenvalue weighted by atomic mass is 9.87. The molecule has 0 radical (unpaired) electrons. The molecule has 0 aliphatic carbocycles. The van der Waals surface area contributed by atoms with E-state index in [9.17, 15) is 18.0 Å². The molecule has 0 spiro atoms. The van der Waals surface area contributed by atoms with Crippen molar-refractivity contribution in [2.24, 2.45) is 5.41 Å². The van der Waals surface area contributed by atoms with Crippen molar-refractivity contribution in [2.45, 2.75) is 50.8 Å². The van der Waals surface area contributed by atoms with Crippen molar-refractivity contribution in [3.63, 3.8) is 0 Å². The van der Waals surface area contributed by atoms with Gasteiger partial charge in [-0.1, -0.05) is 32.1 Å². The van der Waals surface area contributed by atoms with Crippen molar-refractivity contribution in [2.75, 3.05) is 0 Å². The number of carboxylic acid groups (broad SMARTS) is 1. The highest BCUT2D eigenvalue weighted by Crippen LogP contribution is 2.24. The van der Waals surface area contributed by atoms with E-state index in [0.717, 1.165) is 0 Å². The zero-order valence-corrected chi connectivity index (χ0v) is 14.0. The van der Waals surface area contributed by atoms with E-state index in [0.29, 0.717) is 17.8 Å². The van der Waals surface area contributed by atoms with Crippen LogP contribution < -0.4 is 9.60 Å². The molecule has 1 rings (SSSR count). The summed E-state index contributed by atoms with van der Waals surface area (Å²) < 4.78 is 26.9. The summed E-state index contributed by atoms with van der Waals surface area (Å²) in [5.74, 6) is -1.08. The molecule has 0 fully saturated rings. The number of aromatic amines is 1. The van der Waals surface area contributed by atoms with Crippen molar-refractivity contribution in [3.05, 3.63) is 15.4 Å². The molecule has 3 N–H and O–H groups in total. The molecule has 1 atom stereocenters. The maximum Gasteiger partial charge on any atom is 0.305 e. The molecular weight excluding hydrogens is 316 g/mol. The molecule has 1 aromatic rings. The molecule has 1 aromatic heterocycles. The van der Waals surface area contributed by atoms with Crippen LogP contribution in [0.15, 0.2) is 9.00 Å². The molecule has 0 amide bonds. The third kappa shape index (κ3) is 5.60. The zero-order valence-electron chi connectivity index (χ0n) is 12.4. The summed E-state index contributed by atoms with van der Waals surface area (Å²) >= 11 is 0.591. The molecule has 0 bridgehead atoms. The second-order valence-corrected chi connectivity index (χ2v) is 9.00. The predicted molar refractivity (Wildman–Crippen MR) is 80.1 cm³/mol. The highest BCUT2D eigenvalue weighted by atomic mass is 32.2. The van der Waals surface area contributed by atoms with Gasteiger partial charge < -0.3 is 10.1 Å². The topological polar surface area (TPSA) is 116 Å². The molecular formula is C12H20N2O5S2. The van der Waals surface area contributed by atoms with Gasteiger partial charge in [0.25, 0.3) is 10.0 Å². The largest absolute Gasteiger partial charge is 0.481 e. The maximum absolute atomic E-state index is 12.3. The minimum absolute atomic E-state index is 0.100. The minimum Gasteiger partial charge on any atom is -0.481 e. The van der Waals surface area contributed by atoms with E-state index in [4.69, 9.17) is 5.11 Å². The number of rotatable bonds is 6. The summed E-state index contributed by atoms with van der Waals surface area (Å²) in [7, 11) is -3.91. The molecule has 0 saturated heterocycles. The maximum atomic E-state index is 12.3. The normalized spacial score (nSPS) is 14.1. The first kappa shape index (κ1) is 17.9. The number of sulfonamides is 1. The number of carboxylic acids is 1. The van der Waals surface area contributed by atoms with Crippen LogP contribution in [0.25, 0.3) is 0 Å². The average molecular weight is 336 g/mol. The van der Waals surface area contributed by atoms with Crippen molar-refractivity contribution in [3.8, 4) is 0 Å². The molecule has 0 saturated carbocycles. The monoisotopic (exact) mass is 336 g/mol. The smallest absolute Gasteiger partial charge is 0.305 e. The quantitative estimate of drug-likeness (QED) is 0.724. The highest BCUT2D eigenvalue weighted by molar-refractivity contribution is 7.91. The Morgan fingerprint density at radius 1 is 1.43 bits per heavy atom. The number of thiazole rings is 1. The first-order chi connectivity index (χ1) is 9.40. The van der Waals surface area contributed by atoms with Crippen LogP contribution in [0.4, 0.5) is 0 Å². The van der Waals surface area contributed by atoms with E-state index in [2.05, 4.69) is 9.71 Å². The highest BCUT2D eigenvalue weighted by Gasteiger charge is 2.28. The van der Waals surface area contributed by atoms with Gasteiger partial charge in [-0.15, -0.1) is 0 Å². The van der Waals surface area contributed by atoms with E-state index in [1.54, 1.807) is 0 Å². The van der Waals surface area contributed by atoms with Gasteiger partial charge in [-0.3, -0.25) is 9.59 Å². The van der Waals surface area contributed by atoms with Gasteiger partial charge >= 0.3 is 10.8 Å². The minimum atomic E-state index is -3.91. The number of aromatic nitrogens is 1. The summed E-state index contributed by atoms with van der Waals surface area (Å²) in [5, 5.41) is 8.92. The van der Waals surface area contributed by atoms with Crippen LogP contribution in [-0.2, 0) is 14.8 Å². The van der Waals surface area contributed by atoms with E-state index in [1.165, 1.54) is 6.92 Å². The van der Waals surface area contributed by atoms with Gasteiger partial charge in [0.15, 0.2) is 4.21 Å². The lowest BCUT2D eigenvalue weighted by Gasteiger charge is -2.25. The number of carbonyl (C=O) groups is 1. The Morgan fingerprint density at radius 3 is 2.38 bits per heavy atom. The summed E-state index contributed by atoms with van der Waals surface area (Å²) in [6, 6.07) is -0.732. The van der Waals surface area contributed by atoms with Crippen LogP contribution in [0.3, 0.4) is 0 Å². The average Bonchev–Trinajstić information content (AvgIpc) is 2.53. The zero-order chi connectivity index (χ0) is 16.4. The Balaban J connectivity index is 3.03. The van der Waals surface area contributed by atoms with E-state index in [-0.39, 0.29) is 21.7 Å². The van der Waals surface area contributed by atoms with Crippen LogP contribution in [0.5, 0.6) is 0 Å². The third-order valence-electron chi connectivity index (χ3n) is 2.63. The lowest BCUT2D eigenvalue weighted by molar-refractivity contribution is -0.137. The number of aryl methyl sites for hydroxylation is 1. The Kier molecular flexibility index (Phi) is 5.35. The standard InChI is InChI=1S/C12H20N2O5S2/c1-7-10(20-11(17)13-7)21(18,19)14-8(5-9(15)16)6-12(2,3)4/h8,14H,5-6H2,1-4H3,(H,13,17)(H,15,16). The van der Waals surface area contributed by atoms with Gasteiger partial charge in [0.2, 0.25) is 0 Å². The summed E-state index contributed by atoms with van der Waals surface area (Å²) in [4.78, 5) is 24.1. The Morgan fingerprint density at radius 2 is 2.00 bits per heavy atom. The van der Waals surface area contributed by atoms with Gasteiger partial charge in [0.05, 0.1) is 6.42 Å².